The lowest BCUT2D eigenvalue weighted by Crippen LogP contribution is -2.23. The Labute approximate surface area is 150 Å². The maximum atomic E-state index is 12.3. The SMILES string of the molecule is COc1cc(C2CC(=O)Nc3cc4c(cc32)OCO4)cc(OC)c1OC. The topological polar surface area (TPSA) is 75.3 Å². The van der Waals surface area contributed by atoms with Gasteiger partial charge >= 0.3 is 0 Å². The van der Waals surface area contributed by atoms with Crippen LogP contribution in [0.3, 0.4) is 0 Å². The Hall–Kier alpha value is -3.09. The lowest BCUT2D eigenvalue weighted by molar-refractivity contribution is -0.116. The smallest absolute Gasteiger partial charge is 0.231 e. The van der Waals surface area contributed by atoms with Crippen LogP contribution in [0.1, 0.15) is 23.5 Å². The van der Waals surface area contributed by atoms with E-state index in [1.165, 1.54) is 0 Å². The molecule has 0 radical (unpaired) electrons. The molecule has 0 saturated carbocycles. The first-order valence-electron chi connectivity index (χ1n) is 8.18. The zero-order chi connectivity index (χ0) is 18.3. The molecule has 0 saturated heterocycles. The molecular weight excluding hydrogens is 338 g/mol. The number of fused-ring (bicyclic) bond motifs is 2. The highest BCUT2D eigenvalue weighted by molar-refractivity contribution is 5.96. The van der Waals surface area contributed by atoms with Gasteiger partial charge in [-0.15, -0.1) is 0 Å². The molecule has 1 amide bonds. The van der Waals surface area contributed by atoms with Gasteiger partial charge < -0.3 is 29.0 Å². The molecule has 0 aromatic heterocycles. The van der Waals surface area contributed by atoms with Crippen molar-refractivity contribution in [3.63, 3.8) is 0 Å². The van der Waals surface area contributed by atoms with Crippen LogP contribution in [0.25, 0.3) is 0 Å². The number of amides is 1. The second-order valence-electron chi connectivity index (χ2n) is 6.06. The van der Waals surface area contributed by atoms with Gasteiger partial charge in [0.25, 0.3) is 0 Å². The first kappa shape index (κ1) is 16.4. The Morgan fingerprint density at radius 3 is 2.23 bits per heavy atom. The van der Waals surface area contributed by atoms with Crippen LogP contribution in [0.4, 0.5) is 5.69 Å². The van der Waals surface area contributed by atoms with Gasteiger partial charge in [0.05, 0.1) is 21.3 Å². The van der Waals surface area contributed by atoms with Crippen LogP contribution >= 0.6 is 0 Å². The summed E-state index contributed by atoms with van der Waals surface area (Å²) in [6, 6.07) is 7.47. The number of carbonyl (C=O) groups is 1. The van der Waals surface area contributed by atoms with E-state index in [0.29, 0.717) is 35.2 Å². The van der Waals surface area contributed by atoms with Gasteiger partial charge in [0.15, 0.2) is 23.0 Å². The quantitative estimate of drug-likeness (QED) is 0.907. The number of nitrogens with one attached hydrogen (secondary N) is 1. The lowest BCUT2D eigenvalue weighted by Gasteiger charge is -2.27. The van der Waals surface area contributed by atoms with Gasteiger partial charge in [-0.1, -0.05) is 0 Å². The minimum Gasteiger partial charge on any atom is -0.493 e. The van der Waals surface area contributed by atoms with E-state index < -0.39 is 0 Å². The van der Waals surface area contributed by atoms with E-state index in [0.717, 1.165) is 16.8 Å². The monoisotopic (exact) mass is 357 g/mol. The van der Waals surface area contributed by atoms with Crippen molar-refractivity contribution in [3.05, 3.63) is 35.4 Å². The fourth-order valence-electron chi connectivity index (χ4n) is 3.45. The molecule has 0 bridgehead atoms. The molecule has 4 rings (SSSR count). The van der Waals surface area contributed by atoms with Gasteiger partial charge in [0, 0.05) is 24.1 Å². The second kappa shape index (κ2) is 6.33. The molecule has 1 N–H and O–H groups in total. The zero-order valence-corrected chi connectivity index (χ0v) is 14.8. The molecule has 2 aromatic rings. The Balaban J connectivity index is 1.85. The third-order valence-electron chi connectivity index (χ3n) is 4.67. The maximum absolute atomic E-state index is 12.3. The van der Waals surface area contributed by atoms with E-state index in [1.54, 1.807) is 27.4 Å². The van der Waals surface area contributed by atoms with Gasteiger partial charge in [-0.2, -0.15) is 0 Å². The number of ether oxygens (including phenoxy) is 5. The van der Waals surface area contributed by atoms with Crippen LogP contribution < -0.4 is 29.0 Å². The zero-order valence-electron chi connectivity index (χ0n) is 14.8. The molecule has 2 heterocycles. The molecule has 2 aliphatic heterocycles. The van der Waals surface area contributed by atoms with Crippen molar-refractivity contribution < 1.29 is 28.5 Å². The standard InChI is InChI=1S/C19H19NO6/c1-22-16-4-10(5-17(23-2)19(16)24-3)11-7-18(21)20-13-8-15-14(6-12(11)13)25-9-26-15/h4-6,8,11H,7,9H2,1-3H3,(H,20,21). The Kier molecular flexibility index (Phi) is 3.99. The Bertz CT molecular complexity index is 854. The summed E-state index contributed by atoms with van der Waals surface area (Å²) in [4.78, 5) is 12.3. The number of rotatable bonds is 4. The second-order valence-corrected chi connectivity index (χ2v) is 6.06. The first-order valence-corrected chi connectivity index (χ1v) is 8.18. The molecule has 1 atom stereocenters. The highest BCUT2D eigenvalue weighted by atomic mass is 16.7. The molecule has 26 heavy (non-hydrogen) atoms. The molecule has 0 fully saturated rings. The van der Waals surface area contributed by atoms with Crippen molar-refractivity contribution >= 4 is 11.6 Å². The number of benzene rings is 2. The van der Waals surface area contributed by atoms with Crippen molar-refractivity contribution in [1.29, 1.82) is 0 Å². The maximum Gasteiger partial charge on any atom is 0.231 e. The molecule has 7 nitrogen and oxygen atoms in total. The number of carbonyl (C=O) groups excluding carboxylic acids is 1. The summed E-state index contributed by atoms with van der Waals surface area (Å²) in [5.41, 5.74) is 2.59. The summed E-state index contributed by atoms with van der Waals surface area (Å²) in [5.74, 6) is 2.71. The average molecular weight is 357 g/mol. The molecule has 2 aliphatic rings. The van der Waals surface area contributed by atoms with Crippen molar-refractivity contribution in [2.75, 3.05) is 33.4 Å². The Morgan fingerprint density at radius 2 is 1.62 bits per heavy atom. The normalized spacial score (nSPS) is 17.3. The largest absolute Gasteiger partial charge is 0.493 e. The van der Waals surface area contributed by atoms with Crippen molar-refractivity contribution in [2.45, 2.75) is 12.3 Å². The van der Waals surface area contributed by atoms with Gasteiger partial charge in [-0.05, 0) is 29.3 Å². The predicted octanol–water partition coefficient (Wildman–Crippen LogP) is 2.92. The number of hydrogen-bond donors (Lipinski definition) is 1. The van der Waals surface area contributed by atoms with E-state index in [4.69, 9.17) is 23.7 Å². The minimum atomic E-state index is -0.165. The Morgan fingerprint density at radius 1 is 0.962 bits per heavy atom. The van der Waals surface area contributed by atoms with Crippen LogP contribution in [0.2, 0.25) is 0 Å². The van der Waals surface area contributed by atoms with Gasteiger partial charge in [0.2, 0.25) is 18.4 Å². The number of anilines is 1. The molecule has 0 aliphatic carbocycles. The van der Waals surface area contributed by atoms with Crippen LogP contribution in [0.15, 0.2) is 24.3 Å². The van der Waals surface area contributed by atoms with E-state index in [-0.39, 0.29) is 18.6 Å². The van der Waals surface area contributed by atoms with Crippen LogP contribution in [-0.4, -0.2) is 34.0 Å². The summed E-state index contributed by atoms with van der Waals surface area (Å²) in [6.45, 7) is 0.182. The summed E-state index contributed by atoms with van der Waals surface area (Å²) < 4.78 is 27.2. The molecule has 1 unspecified atom stereocenters. The highest BCUT2D eigenvalue weighted by Crippen LogP contribution is 2.47. The molecule has 2 aromatic carbocycles. The van der Waals surface area contributed by atoms with E-state index in [2.05, 4.69) is 5.32 Å². The van der Waals surface area contributed by atoms with Crippen molar-refractivity contribution in [1.82, 2.24) is 0 Å². The first-order chi connectivity index (χ1) is 12.6. The third kappa shape index (κ3) is 2.56. The molecule has 136 valence electrons. The van der Waals surface area contributed by atoms with Gasteiger partial charge in [0.1, 0.15) is 0 Å². The predicted molar refractivity (Wildman–Crippen MR) is 93.8 cm³/mol. The summed E-state index contributed by atoms with van der Waals surface area (Å²) in [7, 11) is 4.70. The van der Waals surface area contributed by atoms with E-state index in [1.807, 2.05) is 18.2 Å². The molecule has 0 spiro atoms. The average Bonchev–Trinajstić information content (AvgIpc) is 3.11. The van der Waals surface area contributed by atoms with E-state index in [9.17, 15) is 4.79 Å². The van der Waals surface area contributed by atoms with E-state index >= 15 is 0 Å². The summed E-state index contributed by atoms with van der Waals surface area (Å²) in [5, 5.41) is 2.91. The highest BCUT2D eigenvalue weighted by Gasteiger charge is 2.31. The minimum absolute atomic E-state index is 0.0601. The van der Waals surface area contributed by atoms with Crippen molar-refractivity contribution in [2.24, 2.45) is 0 Å². The third-order valence-corrected chi connectivity index (χ3v) is 4.67. The van der Waals surface area contributed by atoms with Crippen LogP contribution in [0, 0.1) is 0 Å². The molecular formula is C19H19NO6. The number of hydrogen-bond acceptors (Lipinski definition) is 6. The van der Waals surface area contributed by atoms with Crippen molar-refractivity contribution in [3.8, 4) is 28.7 Å². The number of methoxy groups -OCH3 is 3. The van der Waals surface area contributed by atoms with Crippen LogP contribution in [0.5, 0.6) is 28.7 Å². The van der Waals surface area contributed by atoms with Gasteiger partial charge in [-0.25, -0.2) is 0 Å². The summed E-state index contributed by atoms with van der Waals surface area (Å²) in [6.07, 6.45) is 0.311. The fourth-order valence-corrected chi connectivity index (χ4v) is 3.45. The van der Waals surface area contributed by atoms with Crippen LogP contribution in [-0.2, 0) is 4.79 Å². The fraction of sp³-hybridized carbons (Fsp3) is 0.316. The molecule has 7 heteroatoms. The van der Waals surface area contributed by atoms with Gasteiger partial charge in [-0.3, -0.25) is 4.79 Å². The lowest BCUT2D eigenvalue weighted by atomic mass is 9.84. The summed E-state index contributed by atoms with van der Waals surface area (Å²) >= 11 is 0.